The lowest BCUT2D eigenvalue weighted by atomic mass is 10.3. The van der Waals surface area contributed by atoms with Gasteiger partial charge in [0, 0.05) is 30.8 Å². The van der Waals surface area contributed by atoms with Crippen molar-refractivity contribution >= 4 is 53.3 Å². The van der Waals surface area contributed by atoms with Crippen molar-refractivity contribution in [1.29, 1.82) is 0 Å². The molecular weight excluding hydrogens is 383 g/mol. The van der Waals surface area contributed by atoms with Gasteiger partial charge in [-0.25, -0.2) is 9.98 Å². The largest absolute Gasteiger partial charge is 0.370 e. The predicted molar refractivity (Wildman–Crippen MR) is 88.9 cm³/mol. The van der Waals surface area contributed by atoms with E-state index in [-0.39, 0.29) is 24.0 Å². The normalized spacial score (nSPS) is 16.3. The van der Waals surface area contributed by atoms with E-state index in [9.17, 15) is 0 Å². The third-order valence-corrected chi connectivity index (χ3v) is 3.71. The lowest BCUT2D eigenvalue weighted by molar-refractivity contribution is 0.455. The van der Waals surface area contributed by atoms with Crippen LogP contribution in [0.4, 0.5) is 0 Å². The van der Waals surface area contributed by atoms with E-state index in [0.29, 0.717) is 17.7 Å². The molecule has 0 unspecified atom stereocenters. The fourth-order valence-electron chi connectivity index (χ4n) is 1.56. The first-order valence-corrected chi connectivity index (χ1v) is 7.02. The fourth-order valence-corrected chi connectivity index (χ4v) is 2.58. The number of guanidine groups is 1. The summed E-state index contributed by atoms with van der Waals surface area (Å²) in [4.78, 5) is 10.5. The first kappa shape index (κ1) is 15.8. The lowest BCUT2D eigenvalue weighted by Gasteiger charge is -2.27. The van der Waals surface area contributed by atoms with Gasteiger partial charge >= 0.3 is 0 Å². The summed E-state index contributed by atoms with van der Waals surface area (Å²) in [5.74, 6) is 2.87. The van der Waals surface area contributed by atoms with Crippen LogP contribution in [0, 0.1) is 0 Å². The van der Waals surface area contributed by atoms with Crippen molar-refractivity contribution in [2.75, 3.05) is 24.6 Å². The third-order valence-electron chi connectivity index (χ3n) is 2.55. The van der Waals surface area contributed by atoms with Crippen LogP contribution in [0.5, 0.6) is 0 Å². The number of aromatic nitrogens is 1. The first-order valence-electron chi connectivity index (χ1n) is 5.49. The summed E-state index contributed by atoms with van der Waals surface area (Å²) in [5.41, 5.74) is 6.96. The van der Waals surface area contributed by atoms with Gasteiger partial charge in [0.25, 0.3) is 0 Å². The molecule has 1 aliphatic rings. The summed E-state index contributed by atoms with van der Waals surface area (Å²) in [7, 11) is 0. The van der Waals surface area contributed by atoms with Crippen LogP contribution in [0.1, 0.15) is 5.56 Å². The van der Waals surface area contributed by atoms with Gasteiger partial charge in [-0.05, 0) is 11.6 Å². The standard InChI is InChI=1S/C11H15ClN4S.HI/c12-10-2-1-9(7-14-10)8-15-11(13)16-3-5-17-6-4-16;/h1-2,7H,3-6,8H2,(H2,13,15);1H. The second kappa shape index (κ2) is 8.06. The van der Waals surface area contributed by atoms with Crippen molar-refractivity contribution in [3.05, 3.63) is 29.0 Å². The van der Waals surface area contributed by atoms with E-state index in [1.807, 2.05) is 17.8 Å². The van der Waals surface area contributed by atoms with Crippen LogP contribution in [-0.2, 0) is 6.54 Å². The molecule has 2 N–H and O–H groups in total. The van der Waals surface area contributed by atoms with E-state index in [1.165, 1.54) is 0 Å². The van der Waals surface area contributed by atoms with Gasteiger partial charge in [-0.2, -0.15) is 11.8 Å². The summed E-state index contributed by atoms with van der Waals surface area (Å²) in [6, 6.07) is 3.68. The molecule has 2 rings (SSSR count). The molecule has 0 radical (unpaired) electrons. The van der Waals surface area contributed by atoms with Crippen LogP contribution in [0.15, 0.2) is 23.3 Å². The Labute approximate surface area is 133 Å². The van der Waals surface area contributed by atoms with E-state index in [4.69, 9.17) is 17.3 Å². The van der Waals surface area contributed by atoms with Crippen LogP contribution in [0.25, 0.3) is 0 Å². The number of hydrogen-bond donors (Lipinski definition) is 1. The van der Waals surface area contributed by atoms with E-state index in [2.05, 4.69) is 14.9 Å². The summed E-state index contributed by atoms with van der Waals surface area (Å²) in [6.45, 7) is 2.53. The molecule has 1 aromatic heterocycles. The highest BCUT2D eigenvalue weighted by atomic mass is 127. The summed E-state index contributed by atoms with van der Waals surface area (Å²) < 4.78 is 0. The quantitative estimate of drug-likeness (QED) is 0.359. The maximum Gasteiger partial charge on any atom is 0.191 e. The number of thioether (sulfide) groups is 1. The molecule has 2 heterocycles. The number of nitrogens with zero attached hydrogens (tertiary/aromatic N) is 3. The lowest BCUT2D eigenvalue weighted by Crippen LogP contribution is -2.42. The average Bonchev–Trinajstić information content (AvgIpc) is 2.39. The van der Waals surface area contributed by atoms with Gasteiger partial charge in [0.1, 0.15) is 5.15 Å². The number of pyridine rings is 1. The molecule has 0 aromatic carbocycles. The smallest absolute Gasteiger partial charge is 0.191 e. The van der Waals surface area contributed by atoms with Gasteiger partial charge < -0.3 is 10.6 Å². The van der Waals surface area contributed by atoms with Gasteiger partial charge in [0.05, 0.1) is 6.54 Å². The first-order chi connectivity index (χ1) is 8.25. The molecule has 100 valence electrons. The molecule has 0 saturated carbocycles. The summed E-state index contributed by atoms with van der Waals surface area (Å²) >= 11 is 7.67. The monoisotopic (exact) mass is 398 g/mol. The molecule has 0 spiro atoms. The minimum Gasteiger partial charge on any atom is -0.370 e. The maximum absolute atomic E-state index is 5.95. The van der Waals surface area contributed by atoms with Crippen molar-refractivity contribution in [1.82, 2.24) is 9.88 Å². The van der Waals surface area contributed by atoms with Crippen molar-refractivity contribution < 1.29 is 0 Å². The van der Waals surface area contributed by atoms with E-state index < -0.39 is 0 Å². The molecule has 0 aliphatic carbocycles. The number of hydrogen-bond acceptors (Lipinski definition) is 3. The number of halogens is 2. The molecular formula is C11H16ClIN4S. The molecule has 18 heavy (non-hydrogen) atoms. The van der Waals surface area contributed by atoms with E-state index in [0.717, 1.165) is 30.2 Å². The molecule has 0 atom stereocenters. The van der Waals surface area contributed by atoms with Gasteiger partial charge in [0.15, 0.2) is 5.96 Å². The second-order valence-corrected chi connectivity index (χ2v) is 5.38. The maximum atomic E-state index is 5.95. The van der Waals surface area contributed by atoms with Crippen LogP contribution >= 0.6 is 47.3 Å². The molecule has 0 amide bonds. The van der Waals surface area contributed by atoms with Gasteiger partial charge in [-0.15, -0.1) is 24.0 Å². The molecule has 4 nitrogen and oxygen atoms in total. The zero-order chi connectivity index (χ0) is 12.1. The molecule has 1 fully saturated rings. The zero-order valence-electron chi connectivity index (χ0n) is 9.88. The number of aliphatic imine (C=N–C) groups is 1. The molecule has 1 aliphatic heterocycles. The molecule has 7 heteroatoms. The van der Waals surface area contributed by atoms with Gasteiger partial charge in [-0.3, -0.25) is 0 Å². The number of nitrogens with two attached hydrogens (primary N) is 1. The summed E-state index contributed by atoms with van der Waals surface area (Å²) in [6.07, 6.45) is 1.73. The fraction of sp³-hybridized carbons (Fsp3) is 0.455. The summed E-state index contributed by atoms with van der Waals surface area (Å²) in [5, 5.41) is 0.499. The van der Waals surface area contributed by atoms with Crippen LogP contribution in [-0.4, -0.2) is 40.4 Å². The Balaban J connectivity index is 0.00000162. The van der Waals surface area contributed by atoms with Crippen LogP contribution < -0.4 is 5.73 Å². The second-order valence-electron chi connectivity index (χ2n) is 3.76. The average molecular weight is 399 g/mol. The zero-order valence-corrected chi connectivity index (χ0v) is 13.8. The Morgan fingerprint density at radius 3 is 2.78 bits per heavy atom. The van der Waals surface area contributed by atoms with E-state index >= 15 is 0 Å². The SMILES string of the molecule is I.NC(=NCc1ccc(Cl)nc1)N1CCSCC1. The topological polar surface area (TPSA) is 54.5 Å². The highest BCUT2D eigenvalue weighted by Gasteiger charge is 2.11. The molecule has 1 saturated heterocycles. The Morgan fingerprint density at radius 1 is 1.44 bits per heavy atom. The highest BCUT2D eigenvalue weighted by molar-refractivity contribution is 14.0. The Hall–Kier alpha value is -0.210. The Kier molecular flexibility index (Phi) is 7.10. The molecule has 1 aromatic rings. The Bertz CT molecular complexity index is 393. The van der Waals surface area contributed by atoms with Crippen LogP contribution in [0.3, 0.4) is 0 Å². The van der Waals surface area contributed by atoms with Crippen molar-refractivity contribution in [2.45, 2.75) is 6.54 Å². The van der Waals surface area contributed by atoms with Crippen molar-refractivity contribution in [3.8, 4) is 0 Å². The van der Waals surface area contributed by atoms with Crippen molar-refractivity contribution in [2.24, 2.45) is 10.7 Å². The minimum absolute atomic E-state index is 0. The predicted octanol–water partition coefficient (Wildman–Crippen LogP) is 2.22. The third kappa shape index (κ3) is 4.81. The van der Waals surface area contributed by atoms with Gasteiger partial charge in [0.2, 0.25) is 0 Å². The van der Waals surface area contributed by atoms with Crippen LogP contribution in [0.2, 0.25) is 5.15 Å². The van der Waals surface area contributed by atoms with E-state index in [1.54, 1.807) is 12.3 Å². The number of rotatable bonds is 2. The minimum atomic E-state index is 0. The molecule has 0 bridgehead atoms. The van der Waals surface area contributed by atoms with Crippen molar-refractivity contribution in [3.63, 3.8) is 0 Å². The van der Waals surface area contributed by atoms with Gasteiger partial charge in [-0.1, -0.05) is 17.7 Å². The highest BCUT2D eigenvalue weighted by Crippen LogP contribution is 2.09. The Morgan fingerprint density at radius 2 is 2.17 bits per heavy atom.